The van der Waals surface area contributed by atoms with Crippen LogP contribution in [0.25, 0.3) is 0 Å². The van der Waals surface area contributed by atoms with Gasteiger partial charge in [0.1, 0.15) is 5.60 Å². The maximum absolute atomic E-state index is 12.4. The number of hydrogen-bond donors (Lipinski definition) is 0. The SMILES string of the molecule is CCC(CC)(CCCC(=O)OC(C(F)(F)F)C(F)(F)F)OC(=O)C(C)(C)CC. The van der Waals surface area contributed by atoms with Crippen molar-refractivity contribution in [3.63, 3.8) is 0 Å². The first-order valence-electron chi connectivity index (χ1n) is 9.11. The fourth-order valence-corrected chi connectivity index (χ4v) is 2.34. The number of rotatable bonds is 10. The smallest absolute Gasteiger partial charge is 0.434 e. The van der Waals surface area contributed by atoms with Crippen LogP contribution in [0.2, 0.25) is 0 Å². The number of ether oxygens (including phenoxy) is 2. The number of halogens is 6. The molecular weight excluding hydrogens is 394 g/mol. The Morgan fingerprint density at radius 2 is 1.32 bits per heavy atom. The molecule has 0 amide bonds. The topological polar surface area (TPSA) is 52.6 Å². The summed E-state index contributed by atoms with van der Waals surface area (Å²) in [4.78, 5) is 23.8. The van der Waals surface area contributed by atoms with E-state index in [4.69, 9.17) is 4.74 Å². The number of esters is 2. The largest absolute Gasteiger partial charge is 0.459 e. The highest BCUT2D eigenvalue weighted by atomic mass is 19.4. The molecule has 0 aliphatic rings. The Morgan fingerprint density at radius 1 is 0.857 bits per heavy atom. The van der Waals surface area contributed by atoms with Crippen molar-refractivity contribution in [2.24, 2.45) is 5.41 Å². The minimum Gasteiger partial charge on any atom is -0.459 e. The van der Waals surface area contributed by atoms with E-state index in [1.54, 1.807) is 27.7 Å². The van der Waals surface area contributed by atoms with Crippen LogP contribution in [0.5, 0.6) is 0 Å². The van der Waals surface area contributed by atoms with E-state index in [-0.39, 0.29) is 12.8 Å². The molecule has 0 heterocycles. The van der Waals surface area contributed by atoms with Gasteiger partial charge in [-0.25, -0.2) is 0 Å². The van der Waals surface area contributed by atoms with Crippen LogP contribution < -0.4 is 0 Å². The Labute approximate surface area is 160 Å². The molecule has 28 heavy (non-hydrogen) atoms. The Hall–Kier alpha value is -1.48. The zero-order valence-electron chi connectivity index (χ0n) is 16.7. The molecule has 0 bridgehead atoms. The summed E-state index contributed by atoms with van der Waals surface area (Å²) < 4.78 is 83.8. The van der Waals surface area contributed by atoms with Crippen LogP contribution in [0, 0.1) is 5.41 Å². The lowest BCUT2D eigenvalue weighted by atomic mass is 9.87. The second kappa shape index (κ2) is 9.82. The summed E-state index contributed by atoms with van der Waals surface area (Å²) in [6, 6.07) is 0. The predicted molar refractivity (Wildman–Crippen MR) is 89.3 cm³/mol. The van der Waals surface area contributed by atoms with E-state index < -0.39 is 47.8 Å². The highest BCUT2D eigenvalue weighted by Crippen LogP contribution is 2.36. The van der Waals surface area contributed by atoms with Gasteiger partial charge in [0.05, 0.1) is 5.41 Å². The van der Waals surface area contributed by atoms with Crippen LogP contribution in [0.1, 0.15) is 73.1 Å². The summed E-state index contributed by atoms with van der Waals surface area (Å²) in [5.74, 6) is -2.06. The standard InChI is InChI=1S/C18H28F6O4/c1-6-15(4,5)14(26)28-16(7-2,8-3)11-9-10-12(25)27-13(17(19,20)21)18(22,23)24/h13H,6-11H2,1-5H3. The first-order valence-corrected chi connectivity index (χ1v) is 9.11. The van der Waals surface area contributed by atoms with E-state index in [2.05, 4.69) is 4.74 Å². The molecule has 166 valence electrons. The van der Waals surface area contributed by atoms with Crippen LogP contribution >= 0.6 is 0 Å². The number of alkyl halides is 6. The van der Waals surface area contributed by atoms with Gasteiger partial charge in [0.15, 0.2) is 0 Å². The molecule has 4 nitrogen and oxygen atoms in total. The summed E-state index contributed by atoms with van der Waals surface area (Å²) in [6.07, 6.45) is -15.0. The maximum Gasteiger partial charge on any atom is 0.434 e. The average molecular weight is 422 g/mol. The van der Waals surface area contributed by atoms with E-state index in [0.29, 0.717) is 19.3 Å². The molecule has 0 aromatic rings. The molecular formula is C18H28F6O4. The molecule has 0 aliphatic heterocycles. The minimum atomic E-state index is -5.74. The number of carbonyl (C=O) groups is 2. The van der Waals surface area contributed by atoms with Crippen molar-refractivity contribution < 1.29 is 45.4 Å². The molecule has 0 aliphatic carbocycles. The molecule has 0 aromatic carbocycles. The van der Waals surface area contributed by atoms with Gasteiger partial charge in [-0.15, -0.1) is 0 Å². The second-order valence-corrected chi connectivity index (χ2v) is 7.32. The van der Waals surface area contributed by atoms with Gasteiger partial charge >= 0.3 is 24.3 Å². The monoisotopic (exact) mass is 422 g/mol. The summed E-state index contributed by atoms with van der Waals surface area (Å²) in [6.45, 7) is 8.72. The molecule has 0 N–H and O–H groups in total. The molecule has 0 aromatic heterocycles. The van der Waals surface area contributed by atoms with Crippen LogP contribution in [-0.4, -0.2) is 36.0 Å². The lowest BCUT2D eigenvalue weighted by Gasteiger charge is -2.35. The highest BCUT2D eigenvalue weighted by Gasteiger charge is 2.59. The van der Waals surface area contributed by atoms with Crippen molar-refractivity contribution in [1.29, 1.82) is 0 Å². The van der Waals surface area contributed by atoms with Crippen LogP contribution in [0.15, 0.2) is 0 Å². The van der Waals surface area contributed by atoms with Crippen molar-refractivity contribution in [2.75, 3.05) is 0 Å². The zero-order chi connectivity index (χ0) is 22.4. The Morgan fingerprint density at radius 3 is 1.68 bits per heavy atom. The van der Waals surface area contributed by atoms with Gasteiger partial charge in [-0.2, -0.15) is 26.3 Å². The van der Waals surface area contributed by atoms with Crippen molar-refractivity contribution in [3.05, 3.63) is 0 Å². The van der Waals surface area contributed by atoms with Gasteiger partial charge in [0.25, 0.3) is 6.10 Å². The summed E-state index contributed by atoms with van der Waals surface area (Å²) in [7, 11) is 0. The molecule has 0 rings (SSSR count). The summed E-state index contributed by atoms with van der Waals surface area (Å²) in [5, 5.41) is 0. The van der Waals surface area contributed by atoms with Crippen molar-refractivity contribution in [2.45, 2.75) is 97.2 Å². The second-order valence-electron chi connectivity index (χ2n) is 7.32. The van der Waals surface area contributed by atoms with E-state index >= 15 is 0 Å². The predicted octanol–water partition coefficient (Wildman–Crippen LogP) is 5.73. The average Bonchev–Trinajstić information content (AvgIpc) is 2.56. The van der Waals surface area contributed by atoms with Gasteiger partial charge in [0, 0.05) is 6.42 Å². The van der Waals surface area contributed by atoms with Gasteiger partial charge in [-0.3, -0.25) is 9.59 Å². The summed E-state index contributed by atoms with van der Waals surface area (Å²) in [5.41, 5.74) is -1.68. The Kier molecular flexibility index (Phi) is 9.30. The first kappa shape index (κ1) is 26.5. The highest BCUT2D eigenvalue weighted by molar-refractivity contribution is 5.76. The van der Waals surface area contributed by atoms with Crippen LogP contribution in [-0.2, 0) is 19.1 Å². The van der Waals surface area contributed by atoms with Gasteiger partial charge < -0.3 is 9.47 Å². The van der Waals surface area contributed by atoms with Crippen molar-refractivity contribution in [1.82, 2.24) is 0 Å². The quantitative estimate of drug-likeness (QED) is 0.333. The third-order valence-electron chi connectivity index (χ3n) is 4.89. The zero-order valence-corrected chi connectivity index (χ0v) is 16.7. The fraction of sp³-hybridized carbons (Fsp3) is 0.889. The molecule has 0 atom stereocenters. The molecule has 0 saturated carbocycles. The molecule has 10 heteroatoms. The summed E-state index contributed by atoms with van der Waals surface area (Å²) >= 11 is 0. The third kappa shape index (κ3) is 7.87. The Balaban J connectivity index is 4.95. The first-order chi connectivity index (χ1) is 12.5. The molecule has 0 unspecified atom stereocenters. The van der Waals surface area contributed by atoms with E-state index in [0.717, 1.165) is 0 Å². The van der Waals surface area contributed by atoms with Gasteiger partial charge in [-0.05, 0) is 46.0 Å². The minimum absolute atomic E-state index is 0.0806. The molecule has 0 fully saturated rings. The lowest BCUT2D eigenvalue weighted by molar-refractivity contribution is -0.313. The van der Waals surface area contributed by atoms with Crippen molar-refractivity contribution >= 4 is 11.9 Å². The van der Waals surface area contributed by atoms with Crippen molar-refractivity contribution in [3.8, 4) is 0 Å². The molecule has 0 saturated heterocycles. The maximum atomic E-state index is 12.4. The van der Waals surface area contributed by atoms with E-state index in [9.17, 15) is 35.9 Å². The Bertz CT molecular complexity index is 507. The van der Waals surface area contributed by atoms with Crippen LogP contribution in [0.4, 0.5) is 26.3 Å². The lowest BCUT2D eigenvalue weighted by Crippen LogP contribution is -2.45. The van der Waals surface area contributed by atoms with Gasteiger partial charge in [0.2, 0.25) is 0 Å². The normalized spacial score (nSPS) is 13.6. The number of carbonyl (C=O) groups excluding carboxylic acids is 2. The fourth-order valence-electron chi connectivity index (χ4n) is 2.34. The van der Waals surface area contributed by atoms with E-state index in [1.165, 1.54) is 0 Å². The molecule has 0 spiro atoms. The van der Waals surface area contributed by atoms with Gasteiger partial charge in [-0.1, -0.05) is 20.8 Å². The number of hydrogen-bond acceptors (Lipinski definition) is 4. The van der Waals surface area contributed by atoms with E-state index in [1.807, 2.05) is 6.92 Å². The molecule has 0 radical (unpaired) electrons. The third-order valence-corrected chi connectivity index (χ3v) is 4.89. The van der Waals surface area contributed by atoms with Crippen LogP contribution in [0.3, 0.4) is 0 Å².